The minimum absolute atomic E-state index is 0.0529. The highest BCUT2D eigenvalue weighted by Crippen LogP contribution is 2.51. The molecule has 3 aromatic rings. The number of aryl methyl sites for hydroxylation is 2. The summed E-state index contributed by atoms with van der Waals surface area (Å²) in [4.78, 5) is 12.6. The van der Waals surface area contributed by atoms with Gasteiger partial charge in [0, 0.05) is 11.1 Å². The fourth-order valence-corrected chi connectivity index (χ4v) is 4.60. The molecule has 4 rings (SSSR count). The van der Waals surface area contributed by atoms with Gasteiger partial charge in [-0.1, -0.05) is 63.4 Å². The molecule has 0 amide bonds. The van der Waals surface area contributed by atoms with E-state index in [0.29, 0.717) is 18.4 Å². The van der Waals surface area contributed by atoms with E-state index >= 15 is 13.2 Å². The maximum atomic E-state index is 15.3. The van der Waals surface area contributed by atoms with Crippen LogP contribution in [0.4, 0.5) is 17.6 Å². The summed E-state index contributed by atoms with van der Waals surface area (Å²) in [5.74, 6) is -3.25. The van der Waals surface area contributed by atoms with Crippen LogP contribution in [0.15, 0.2) is 48.5 Å². The molecule has 35 heavy (non-hydrogen) atoms. The zero-order chi connectivity index (χ0) is 25.1. The predicted molar refractivity (Wildman–Crippen MR) is 128 cm³/mol. The Hall–Kier alpha value is -3.15. The molecule has 0 aliphatic heterocycles. The first-order valence-corrected chi connectivity index (χ1v) is 12.1. The monoisotopic (exact) mass is 484 g/mol. The number of unbranched alkanes of at least 4 members (excludes halogenated alkanes) is 2. The zero-order valence-corrected chi connectivity index (χ0v) is 19.8. The molecule has 0 saturated heterocycles. The molecule has 0 N–H and O–H groups in total. The molecule has 184 valence electrons. The van der Waals surface area contributed by atoms with Crippen LogP contribution in [-0.4, -0.2) is 5.97 Å². The number of ether oxygens (including phenoxy) is 1. The molecule has 2 unspecified atom stereocenters. The first kappa shape index (κ1) is 25.0. The summed E-state index contributed by atoms with van der Waals surface area (Å²) in [6.07, 6.45) is 0.417. The van der Waals surface area contributed by atoms with Gasteiger partial charge >= 0.3 is 5.97 Å². The lowest BCUT2D eigenvalue weighted by Gasteiger charge is -2.28. The van der Waals surface area contributed by atoms with Gasteiger partial charge in [0.1, 0.15) is 5.82 Å². The van der Waals surface area contributed by atoms with E-state index in [-0.39, 0.29) is 22.3 Å². The highest BCUT2D eigenvalue weighted by Gasteiger charge is 2.40. The smallest absolute Gasteiger partial charge is 0.343 e. The van der Waals surface area contributed by atoms with Crippen LogP contribution >= 0.6 is 0 Å². The predicted octanol–water partition coefficient (Wildman–Crippen LogP) is 8.57. The number of hydrogen-bond acceptors (Lipinski definition) is 2. The normalized spacial score (nSPS) is 16.5. The second-order valence-electron chi connectivity index (χ2n) is 8.94. The molecular formula is C29H28F4O2. The largest absolute Gasteiger partial charge is 0.420 e. The van der Waals surface area contributed by atoms with Crippen molar-refractivity contribution < 1.29 is 27.1 Å². The van der Waals surface area contributed by atoms with Crippen molar-refractivity contribution in [2.45, 2.75) is 64.7 Å². The van der Waals surface area contributed by atoms with Crippen LogP contribution in [0.3, 0.4) is 0 Å². The summed E-state index contributed by atoms with van der Waals surface area (Å²) in [7, 11) is 0. The van der Waals surface area contributed by atoms with Crippen LogP contribution in [0.1, 0.15) is 84.5 Å². The summed E-state index contributed by atoms with van der Waals surface area (Å²) in [6, 6.07) is 12.4. The average molecular weight is 485 g/mol. The molecule has 0 fully saturated rings. The summed E-state index contributed by atoms with van der Waals surface area (Å²) in [5.41, 5.74) is 0.802. The van der Waals surface area contributed by atoms with Gasteiger partial charge in [-0.05, 0) is 59.7 Å². The van der Waals surface area contributed by atoms with Crippen LogP contribution in [0.25, 0.3) is 11.1 Å². The minimum atomic E-state index is -2.43. The Morgan fingerprint density at radius 1 is 0.771 bits per heavy atom. The third-order valence-electron chi connectivity index (χ3n) is 6.48. The summed E-state index contributed by atoms with van der Waals surface area (Å²) in [6.45, 7) is 3.98. The maximum Gasteiger partial charge on any atom is 0.343 e. The molecule has 0 saturated carbocycles. The van der Waals surface area contributed by atoms with Crippen molar-refractivity contribution in [1.29, 1.82) is 0 Å². The van der Waals surface area contributed by atoms with Crippen LogP contribution in [0.5, 0.6) is 5.75 Å². The van der Waals surface area contributed by atoms with Gasteiger partial charge in [-0.2, -0.15) is 0 Å². The molecule has 0 radical (unpaired) electrons. The Labute approximate surface area is 202 Å². The SMILES string of the molecule is CCCCCc1ccc(C(=O)Oc2ccc3c(c2F)C(F)C(F)c2c-3ccc(CCC)c2F)cc1. The highest BCUT2D eigenvalue weighted by atomic mass is 19.2. The third kappa shape index (κ3) is 4.84. The number of alkyl halides is 2. The molecule has 1 aliphatic carbocycles. The van der Waals surface area contributed by atoms with Crippen LogP contribution in [-0.2, 0) is 12.8 Å². The van der Waals surface area contributed by atoms with E-state index in [0.717, 1.165) is 31.2 Å². The Morgan fingerprint density at radius 3 is 2.03 bits per heavy atom. The fraction of sp³-hybridized carbons (Fsp3) is 0.345. The molecule has 0 heterocycles. The number of fused-ring (bicyclic) bond motifs is 3. The fourth-order valence-electron chi connectivity index (χ4n) is 4.60. The lowest BCUT2D eigenvalue weighted by atomic mass is 9.81. The lowest BCUT2D eigenvalue weighted by Crippen LogP contribution is -2.17. The maximum absolute atomic E-state index is 15.3. The quantitative estimate of drug-likeness (QED) is 0.139. The van der Waals surface area contributed by atoms with Crippen molar-refractivity contribution in [2.75, 3.05) is 0 Å². The second-order valence-corrected chi connectivity index (χ2v) is 8.94. The second kappa shape index (κ2) is 10.6. The number of rotatable bonds is 8. The van der Waals surface area contributed by atoms with E-state index in [2.05, 4.69) is 6.92 Å². The summed E-state index contributed by atoms with van der Waals surface area (Å²) >= 11 is 0. The number of halogens is 4. The van der Waals surface area contributed by atoms with Crippen molar-refractivity contribution in [1.82, 2.24) is 0 Å². The van der Waals surface area contributed by atoms with Gasteiger partial charge in [-0.3, -0.25) is 0 Å². The van der Waals surface area contributed by atoms with E-state index in [9.17, 15) is 9.18 Å². The van der Waals surface area contributed by atoms with E-state index in [1.165, 1.54) is 24.3 Å². The van der Waals surface area contributed by atoms with Gasteiger partial charge in [0.25, 0.3) is 0 Å². The lowest BCUT2D eigenvalue weighted by molar-refractivity contribution is 0.0726. The molecular weight excluding hydrogens is 456 g/mol. The van der Waals surface area contributed by atoms with Gasteiger partial charge in [-0.25, -0.2) is 22.4 Å². The average Bonchev–Trinajstić information content (AvgIpc) is 2.85. The van der Waals surface area contributed by atoms with Crippen molar-refractivity contribution in [3.05, 3.63) is 88.0 Å². The van der Waals surface area contributed by atoms with Gasteiger partial charge in [0.15, 0.2) is 23.9 Å². The first-order chi connectivity index (χ1) is 16.9. The Morgan fingerprint density at radius 2 is 1.40 bits per heavy atom. The Bertz CT molecular complexity index is 1220. The van der Waals surface area contributed by atoms with Gasteiger partial charge < -0.3 is 4.74 Å². The first-order valence-electron chi connectivity index (χ1n) is 12.1. The zero-order valence-electron chi connectivity index (χ0n) is 19.8. The number of carbonyl (C=O) groups is 1. The van der Waals surface area contributed by atoms with E-state index in [1.807, 2.05) is 19.1 Å². The third-order valence-corrected chi connectivity index (χ3v) is 6.48. The minimum Gasteiger partial charge on any atom is -0.420 e. The standard InChI is InChI=1S/C29H28F4O2/c1-3-5-6-8-17-9-11-19(12-10-17)29(34)35-22-16-15-21-20-14-13-18(7-4-2)25(30)23(20)27(32)28(33)24(21)26(22)31/h9-16,27-28H,3-8H2,1-2H3. The van der Waals surface area contributed by atoms with E-state index < -0.39 is 41.3 Å². The highest BCUT2D eigenvalue weighted by molar-refractivity contribution is 5.91. The Balaban J connectivity index is 1.62. The summed E-state index contributed by atoms with van der Waals surface area (Å²) < 4.78 is 65.6. The molecule has 0 bridgehead atoms. The van der Waals surface area contributed by atoms with Crippen molar-refractivity contribution in [3.63, 3.8) is 0 Å². The molecule has 2 atom stereocenters. The van der Waals surface area contributed by atoms with Crippen LogP contribution in [0, 0.1) is 11.6 Å². The van der Waals surface area contributed by atoms with E-state index in [4.69, 9.17) is 4.74 Å². The molecule has 2 nitrogen and oxygen atoms in total. The van der Waals surface area contributed by atoms with Gasteiger partial charge in [0.05, 0.1) is 5.56 Å². The molecule has 3 aromatic carbocycles. The summed E-state index contributed by atoms with van der Waals surface area (Å²) in [5, 5.41) is 0. The van der Waals surface area contributed by atoms with Gasteiger partial charge in [-0.15, -0.1) is 0 Å². The molecule has 0 spiro atoms. The number of benzene rings is 3. The molecule has 1 aliphatic rings. The Kier molecular flexibility index (Phi) is 7.58. The number of esters is 1. The van der Waals surface area contributed by atoms with Crippen LogP contribution in [0.2, 0.25) is 0 Å². The molecule has 6 heteroatoms. The van der Waals surface area contributed by atoms with Crippen molar-refractivity contribution in [2.24, 2.45) is 0 Å². The topological polar surface area (TPSA) is 26.3 Å². The van der Waals surface area contributed by atoms with E-state index in [1.54, 1.807) is 12.1 Å². The van der Waals surface area contributed by atoms with Crippen molar-refractivity contribution >= 4 is 5.97 Å². The molecule has 0 aromatic heterocycles. The number of hydrogen-bond donors (Lipinski definition) is 0. The van der Waals surface area contributed by atoms with Crippen LogP contribution < -0.4 is 4.74 Å². The van der Waals surface area contributed by atoms with Gasteiger partial charge in [0.2, 0.25) is 0 Å². The van der Waals surface area contributed by atoms with Crippen molar-refractivity contribution in [3.8, 4) is 16.9 Å². The number of carbonyl (C=O) groups excluding carboxylic acids is 1.